The molecule has 5 nitrogen and oxygen atoms in total. The number of amides is 2. The lowest BCUT2D eigenvalue weighted by Gasteiger charge is -2.21. The molecule has 0 aliphatic carbocycles. The van der Waals surface area contributed by atoms with Crippen molar-refractivity contribution in [3.05, 3.63) is 102 Å². The number of anilines is 1. The van der Waals surface area contributed by atoms with Crippen LogP contribution in [0.3, 0.4) is 0 Å². The molecule has 3 aromatic rings. The quantitative estimate of drug-likeness (QED) is 0.480. The molecule has 0 radical (unpaired) electrons. The van der Waals surface area contributed by atoms with Gasteiger partial charge in [0, 0.05) is 13.6 Å². The Balaban J connectivity index is 1.76. The van der Waals surface area contributed by atoms with E-state index in [1.54, 1.807) is 36.2 Å². The van der Waals surface area contributed by atoms with E-state index in [2.05, 4.69) is 0 Å². The minimum atomic E-state index is -0.445. The minimum Gasteiger partial charge on any atom is -0.491 e. The first-order chi connectivity index (χ1) is 15.8. The van der Waals surface area contributed by atoms with E-state index in [0.717, 1.165) is 10.5 Å². The standard InChI is InChI=1S/C27H25FN2O3/c1-18(2)33-23-15-9-20(10-16-23)24-25(29(3)17-19-7-5-4-6-8-19)27(32)30(26(24)31)22-13-11-21(28)12-14-22/h4-16,18H,17H2,1-3H3. The van der Waals surface area contributed by atoms with E-state index in [9.17, 15) is 14.0 Å². The highest BCUT2D eigenvalue weighted by molar-refractivity contribution is 6.45. The van der Waals surface area contributed by atoms with Gasteiger partial charge in [0.2, 0.25) is 0 Å². The summed E-state index contributed by atoms with van der Waals surface area (Å²) in [6.07, 6.45) is 0.0197. The Labute approximate surface area is 192 Å². The van der Waals surface area contributed by atoms with Gasteiger partial charge in [0.05, 0.1) is 17.4 Å². The summed E-state index contributed by atoms with van der Waals surface area (Å²) >= 11 is 0. The second kappa shape index (κ2) is 9.28. The number of ether oxygens (including phenoxy) is 1. The number of carbonyl (C=O) groups excluding carboxylic acids is 2. The number of likely N-dealkylation sites (N-methyl/N-ethyl adjacent to an activating group) is 1. The van der Waals surface area contributed by atoms with Gasteiger partial charge in [-0.2, -0.15) is 0 Å². The van der Waals surface area contributed by atoms with Crippen LogP contribution in [0.15, 0.2) is 84.6 Å². The van der Waals surface area contributed by atoms with Crippen LogP contribution in [0.5, 0.6) is 5.75 Å². The van der Waals surface area contributed by atoms with Gasteiger partial charge >= 0.3 is 0 Å². The largest absolute Gasteiger partial charge is 0.491 e. The SMILES string of the molecule is CC(C)Oc1ccc(C2=C(N(C)Cc3ccccc3)C(=O)N(c3ccc(F)cc3)C2=O)cc1. The summed E-state index contributed by atoms with van der Waals surface area (Å²) in [4.78, 5) is 29.9. The number of nitrogens with zero attached hydrogens (tertiary/aromatic N) is 2. The Morgan fingerprint density at radius 2 is 1.52 bits per heavy atom. The summed E-state index contributed by atoms with van der Waals surface area (Å²) in [6.45, 7) is 4.32. The molecule has 0 fully saturated rings. The van der Waals surface area contributed by atoms with E-state index < -0.39 is 17.6 Å². The molecular formula is C27H25FN2O3. The molecule has 168 valence electrons. The fourth-order valence-electron chi connectivity index (χ4n) is 3.87. The van der Waals surface area contributed by atoms with Crippen molar-refractivity contribution in [1.82, 2.24) is 4.90 Å². The molecule has 3 aromatic carbocycles. The number of rotatable bonds is 7. The first kappa shape index (κ1) is 22.3. The van der Waals surface area contributed by atoms with Crippen LogP contribution in [0.2, 0.25) is 0 Å². The van der Waals surface area contributed by atoms with Gasteiger partial charge in [0.1, 0.15) is 17.3 Å². The van der Waals surface area contributed by atoms with Crippen LogP contribution in [0.25, 0.3) is 5.57 Å². The molecule has 2 amide bonds. The van der Waals surface area contributed by atoms with Crippen LogP contribution in [0.1, 0.15) is 25.0 Å². The summed E-state index contributed by atoms with van der Waals surface area (Å²) in [5, 5.41) is 0. The van der Waals surface area contributed by atoms with Crippen LogP contribution >= 0.6 is 0 Å². The molecule has 0 bridgehead atoms. The molecular weight excluding hydrogens is 419 g/mol. The maximum atomic E-state index is 13.5. The maximum Gasteiger partial charge on any atom is 0.282 e. The van der Waals surface area contributed by atoms with Crippen molar-refractivity contribution >= 4 is 23.1 Å². The first-order valence-corrected chi connectivity index (χ1v) is 10.8. The fourth-order valence-corrected chi connectivity index (χ4v) is 3.87. The lowest BCUT2D eigenvalue weighted by Crippen LogP contribution is -2.34. The summed E-state index contributed by atoms with van der Waals surface area (Å²) in [6, 6.07) is 22.2. The third kappa shape index (κ3) is 4.65. The van der Waals surface area contributed by atoms with Crippen molar-refractivity contribution in [2.24, 2.45) is 0 Å². The average Bonchev–Trinajstić information content (AvgIpc) is 3.05. The van der Waals surface area contributed by atoms with Crippen molar-refractivity contribution in [3.8, 4) is 5.75 Å². The zero-order chi connectivity index (χ0) is 23.5. The molecule has 0 saturated carbocycles. The van der Waals surface area contributed by atoms with Crippen LogP contribution in [-0.2, 0) is 16.1 Å². The minimum absolute atomic E-state index is 0.0197. The zero-order valence-electron chi connectivity index (χ0n) is 18.8. The van der Waals surface area contributed by atoms with Gasteiger partial charge in [0.15, 0.2) is 0 Å². The second-order valence-electron chi connectivity index (χ2n) is 8.18. The first-order valence-electron chi connectivity index (χ1n) is 10.8. The molecule has 4 rings (SSSR count). The van der Waals surface area contributed by atoms with Gasteiger partial charge in [0.25, 0.3) is 11.8 Å². The molecule has 0 atom stereocenters. The summed E-state index contributed by atoms with van der Waals surface area (Å²) in [7, 11) is 1.79. The highest BCUT2D eigenvalue weighted by atomic mass is 19.1. The van der Waals surface area contributed by atoms with Crippen molar-refractivity contribution in [2.75, 3.05) is 11.9 Å². The van der Waals surface area contributed by atoms with E-state index >= 15 is 0 Å². The molecule has 1 aliphatic heterocycles. The molecule has 1 aliphatic rings. The third-order valence-corrected chi connectivity index (χ3v) is 5.30. The van der Waals surface area contributed by atoms with E-state index in [-0.39, 0.29) is 6.10 Å². The second-order valence-corrected chi connectivity index (χ2v) is 8.18. The normalized spacial score (nSPS) is 13.8. The summed E-state index contributed by atoms with van der Waals surface area (Å²) in [5.74, 6) is -0.643. The van der Waals surface area contributed by atoms with Crippen molar-refractivity contribution in [1.29, 1.82) is 0 Å². The van der Waals surface area contributed by atoms with Gasteiger partial charge in [-0.15, -0.1) is 0 Å². The van der Waals surface area contributed by atoms with Crippen LogP contribution in [0.4, 0.5) is 10.1 Å². The summed E-state index contributed by atoms with van der Waals surface area (Å²) in [5.41, 5.74) is 2.55. The number of hydrogen-bond donors (Lipinski definition) is 0. The molecule has 1 heterocycles. The Hall–Kier alpha value is -3.93. The number of imide groups is 1. The molecule has 0 unspecified atom stereocenters. The van der Waals surface area contributed by atoms with E-state index in [1.807, 2.05) is 44.2 Å². The average molecular weight is 445 g/mol. The van der Waals surface area contributed by atoms with Crippen LogP contribution < -0.4 is 9.64 Å². The van der Waals surface area contributed by atoms with E-state index in [1.165, 1.54) is 24.3 Å². The lowest BCUT2D eigenvalue weighted by atomic mass is 10.0. The smallest absolute Gasteiger partial charge is 0.282 e. The highest BCUT2D eigenvalue weighted by Gasteiger charge is 2.41. The Morgan fingerprint density at radius 1 is 0.879 bits per heavy atom. The Bertz CT molecular complexity index is 1190. The molecule has 33 heavy (non-hydrogen) atoms. The van der Waals surface area contributed by atoms with Crippen molar-refractivity contribution < 1.29 is 18.7 Å². The van der Waals surface area contributed by atoms with Gasteiger partial charge in [-0.1, -0.05) is 42.5 Å². The third-order valence-electron chi connectivity index (χ3n) is 5.30. The number of halogens is 1. The molecule has 6 heteroatoms. The van der Waals surface area contributed by atoms with Gasteiger partial charge in [-0.3, -0.25) is 9.59 Å². The molecule has 0 saturated heterocycles. The fraction of sp³-hybridized carbons (Fsp3) is 0.185. The van der Waals surface area contributed by atoms with Crippen molar-refractivity contribution in [3.63, 3.8) is 0 Å². The van der Waals surface area contributed by atoms with Crippen molar-refractivity contribution in [2.45, 2.75) is 26.5 Å². The monoisotopic (exact) mass is 444 g/mol. The van der Waals surface area contributed by atoms with Gasteiger partial charge in [-0.25, -0.2) is 9.29 Å². The zero-order valence-corrected chi connectivity index (χ0v) is 18.8. The molecule has 0 spiro atoms. The van der Waals surface area contributed by atoms with Gasteiger partial charge in [-0.05, 0) is 61.4 Å². The number of hydrogen-bond acceptors (Lipinski definition) is 4. The Kier molecular flexibility index (Phi) is 6.27. The predicted molar refractivity (Wildman–Crippen MR) is 126 cm³/mol. The number of carbonyl (C=O) groups is 2. The summed E-state index contributed by atoms with van der Waals surface area (Å²) < 4.78 is 19.2. The van der Waals surface area contributed by atoms with E-state index in [4.69, 9.17) is 4.74 Å². The number of benzene rings is 3. The highest BCUT2D eigenvalue weighted by Crippen LogP contribution is 2.35. The van der Waals surface area contributed by atoms with Crippen LogP contribution in [0, 0.1) is 5.82 Å². The topological polar surface area (TPSA) is 49.9 Å². The predicted octanol–water partition coefficient (Wildman–Crippen LogP) is 5.03. The molecule has 0 aromatic heterocycles. The Morgan fingerprint density at radius 3 is 2.12 bits per heavy atom. The molecule has 0 N–H and O–H groups in total. The lowest BCUT2D eigenvalue weighted by molar-refractivity contribution is -0.120. The van der Waals surface area contributed by atoms with E-state index in [0.29, 0.717) is 34.8 Å². The van der Waals surface area contributed by atoms with Crippen LogP contribution in [-0.4, -0.2) is 29.9 Å². The van der Waals surface area contributed by atoms with Gasteiger partial charge < -0.3 is 9.64 Å². The maximum absolute atomic E-state index is 13.5.